The number of nitrogens with zero attached hydrogens (tertiary/aromatic N) is 4. The standard InChI is InChI=1S/C21H35N5O/c1-17-6-2-3-11-24(17)15-18-7-5-12-25(16-18)21(27)20-9-13-26(23-20)19-8-4-10-22-14-19/h9,13,17-19,22H,2-8,10-12,14-16H2,1H3. The lowest BCUT2D eigenvalue weighted by molar-refractivity contribution is 0.0588. The maximum Gasteiger partial charge on any atom is 0.274 e. The van der Waals surface area contributed by atoms with E-state index in [4.69, 9.17) is 0 Å². The van der Waals surface area contributed by atoms with Crippen molar-refractivity contribution < 1.29 is 4.79 Å². The fourth-order valence-electron chi connectivity index (χ4n) is 5.04. The molecule has 0 aliphatic carbocycles. The molecule has 150 valence electrons. The first-order chi connectivity index (χ1) is 13.2. The molecule has 3 fully saturated rings. The van der Waals surface area contributed by atoms with Crippen LogP contribution in [0.4, 0.5) is 0 Å². The van der Waals surface area contributed by atoms with Gasteiger partial charge >= 0.3 is 0 Å². The van der Waals surface area contributed by atoms with Crippen molar-refractivity contribution in [2.24, 2.45) is 5.92 Å². The number of nitrogens with one attached hydrogen (secondary N) is 1. The SMILES string of the molecule is CC1CCCCN1CC1CCCN(C(=O)c2ccn(C3CCCNC3)n2)C1. The van der Waals surface area contributed by atoms with Crippen molar-refractivity contribution >= 4 is 5.91 Å². The van der Waals surface area contributed by atoms with Crippen molar-refractivity contribution in [1.29, 1.82) is 0 Å². The van der Waals surface area contributed by atoms with Crippen molar-refractivity contribution in [3.05, 3.63) is 18.0 Å². The van der Waals surface area contributed by atoms with Gasteiger partial charge in [0, 0.05) is 38.4 Å². The van der Waals surface area contributed by atoms with E-state index in [-0.39, 0.29) is 5.91 Å². The lowest BCUT2D eigenvalue weighted by atomic mass is 9.94. The summed E-state index contributed by atoms with van der Waals surface area (Å²) in [5.41, 5.74) is 0.618. The molecule has 3 aliphatic rings. The summed E-state index contributed by atoms with van der Waals surface area (Å²) >= 11 is 0. The first kappa shape index (κ1) is 18.9. The van der Waals surface area contributed by atoms with Gasteiger partial charge in [-0.05, 0) is 70.5 Å². The van der Waals surface area contributed by atoms with Gasteiger partial charge in [0.15, 0.2) is 0 Å². The quantitative estimate of drug-likeness (QED) is 0.881. The van der Waals surface area contributed by atoms with E-state index in [2.05, 4.69) is 27.1 Å². The maximum atomic E-state index is 13.0. The summed E-state index contributed by atoms with van der Waals surface area (Å²) in [7, 11) is 0. The number of amides is 1. The average Bonchev–Trinajstić information content (AvgIpc) is 3.20. The normalized spacial score (nSPS) is 30.4. The molecule has 4 rings (SSSR count). The third-order valence-corrected chi connectivity index (χ3v) is 6.71. The Kier molecular flexibility index (Phi) is 6.13. The van der Waals surface area contributed by atoms with Crippen molar-refractivity contribution in [2.45, 2.75) is 64.0 Å². The van der Waals surface area contributed by atoms with Gasteiger partial charge in [0.25, 0.3) is 5.91 Å². The molecule has 0 saturated carbocycles. The third-order valence-electron chi connectivity index (χ3n) is 6.71. The predicted molar refractivity (Wildman–Crippen MR) is 107 cm³/mol. The van der Waals surface area contributed by atoms with E-state index < -0.39 is 0 Å². The van der Waals surface area contributed by atoms with Gasteiger partial charge in [0.2, 0.25) is 0 Å². The molecule has 1 N–H and O–H groups in total. The van der Waals surface area contributed by atoms with Crippen LogP contribution in [0, 0.1) is 5.92 Å². The summed E-state index contributed by atoms with van der Waals surface area (Å²) in [6, 6.07) is 2.99. The second-order valence-electron chi connectivity index (χ2n) is 8.78. The molecule has 6 heteroatoms. The fraction of sp³-hybridized carbons (Fsp3) is 0.810. The van der Waals surface area contributed by atoms with Gasteiger partial charge in [0.05, 0.1) is 6.04 Å². The predicted octanol–water partition coefficient (Wildman–Crippen LogP) is 2.53. The van der Waals surface area contributed by atoms with Crippen LogP contribution >= 0.6 is 0 Å². The molecule has 3 atom stereocenters. The van der Waals surface area contributed by atoms with E-state index in [0.29, 0.717) is 23.7 Å². The van der Waals surface area contributed by atoms with Crippen LogP contribution in [0.2, 0.25) is 0 Å². The Morgan fingerprint density at radius 3 is 2.93 bits per heavy atom. The Labute approximate surface area is 163 Å². The maximum absolute atomic E-state index is 13.0. The zero-order valence-electron chi connectivity index (χ0n) is 16.8. The number of piperidine rings is 3. The number of rotatable bonds is 4. The van der Waals surface area contributed by atoms with Gasteiger partial charge in [-0.2, -0.15) is 5.10 Å². The number of hydrogen-bond donors (Lipinski definition) is 1. The Hall–Kier alpha value is -1.40. The molecule has 0 aromatic carbocycles. The number of hydrogen-bond acceptors (Lipinski definition) is 4. The molecule has 6 nitrogen and oxygen atoms in total. The smallest absolute Gasteiger partial charge is 0.274 e. The summed E-state index contributed by atoms with van der Waals surface area (Å²) in [6.07, 6.45) is 10.7. The number of aromatic nitrogens is 2. The monoisotopic (exact) mass is 373 g/mol. The van der Waals surface area contributed by atoms with E-state index in [9.17, 15) is 4.79 Å². The molecular weight excluding hydrogens is 338 g/mol. The van der Waals surface area contributed by atoms with Gasteiger partial charge in [0.1, 0.15) is 5.69 Å². The van der Waals surface area contributed by atoms with Crippen molar-refractivity contribution in [3.63, 3.8) is 0 Å². The highest BCUT2D eigenvalue weighted by atomic mass is 16.2. The Bertz CT molecular complexity index is 624. The van der Waals surface area contributed by atoms with Crippen LogP contribution in [0.15, 0.2) is 12.3 Å². The number of carbonyl (C=O) groups is 1. The number of carbonyl (C=O) groups excluding carboxylic acids is 1. The van der Waals surface area contributed by atoms with Gasteiger partial charge < -0.3 is 15.1 Å². The molecule has 0 bridgehead atoms. The fourth-order valence-corrected chi connectivity index (χ4v) is 5.04. The topological polar surface area (TPSA) is 53.4 Å². The molecule has 3 unspecified atom stereocenters. The van der Waals surface area contributed by atoms with Crippen molar-refractivity contribution in [2.75, 3.05) is 39.3 Å². The Morgan fingerprint density at radius 1 is 1.19 bits per heavy atom. The van der Waals surface area contributed by atoms with Crippen LogP contribution in [0.5, 0.6) is 0 Å². The molecule has 3 aliphatic heterocycles. The summed E-state index contributed by atoms with van der Waals surface area (Å²) in [4.78, 5) is 17.7. The number of likely N-dealkylation sites (tertiary alicyclic amines) is 2. The van der Waals surface area contributed by atoms with Crippen LogP contribution in [-0.4, -0.2) is 70.8 Å². The molecule has 4 heterocycles. The van der Waals surface area contributed by atoms with Gasteiger partial charge in [-0.15, -0.1) is 0 Å². The molecule has 1 amide bonds. The van der Waals surface area contributed by atoms with Crippen LogP contribution in [-0.2, 0) is 0 Å². The van der Waals surface area contributed by atoms with Crippen molar-refractivity contribution in [1.82, 2.24) is 24.9 Å². The largest absolute Gasteiger partial charge is 0.337 e. The summed E-state index contributed by atoms with van der Waals surface area (Å²) in [5.74, 6) is 0.724. The summed E-state index contributed by atoms with van der Waals surface area (Å²) in [5, 5.41) is 8.06. The highest BCUT2D eigenvalue weighted by Crippen LogP contribution is 2.24. The highest BCUT2D eigenvalue weighted by Gasteiger charge is 2.29. The molecule has 1 aromatic rings. The van der Waals surface area contributed by atoms with Crippen LogP contribution in [0.3, 0.4) is 0 Å². The highest BCUT2D eigenvalue weighted by molar-refractivity contribution is 5.92. The Morgan fingerprint density at radius 2 is 2.11 bits per heavy atom. The average molecular weight is 374 g/mol. The van der Waals surface area contributed by atoms with Crippen LogP contribution in [0.1, 0.15) is 68.4 Å². The summed E-state index contributed by atoms with van der Waals surface area (Å²) in [6.45, 7) is 8.54. The minimum absolute atomic E-state index is 0.119. The van der Waals surface area contributed by atoms with Crippen LogP contribution < -0.4 is 5.32 Å². The zero-order chi connectivity index (χ0) is 18.6. The molecule has 0 radical (unpaired) electrons. The first-order valence-corrected chi connectivity index (χ1v) is 11.0. The molecule has 3 saturated heterocycles. The van der Waals surface area contributed by atoms with E-state index >= 15 is 0 Å². The second kappa shape index (κ2) is 8.74. The summed E-state index contributed by atoms with van der Waals surface area (Å²) < 4.78 is 2.00. The lowest BCUT2D eigenvalue weighted by Gasteiger charge is -2.39. The molecule has 0 spiro atoms. The lowest BCUT2D eigenvalue weighted by Crippen LogP contribution is -2.47. The van der Waals surface area contributed by atoms with E-state index in [1.165, 1.54) is 38.6 Å². The minimum atomic E-state index is 0.119. The molecule has 27 heavy (non-hydrogen) atoms. The Balaban J connectivity index is 1.35. The minimum Gasteiger partial charge on any atom is -0.337 e. The third kappa shape index (κ3) is 4.54. The van der Waals surface area contributed by atoms with Crippen molar-refractivity contribution in [3.8, 4) is 0 Å². The molecular formula is C21H35N5O. The second-order valence-corrected chi connectivity index (χ2v) is 8.78. The van der Waals surface area contributed by atoms with E-state index in [0.717, 1.165) is 45.6 Å². The first-order valence-electron chi connectivity index (χ1n) is 11.0. The van der Waals surface area contributed by atoms with Crippen LogP contribution in [0.25, 0.3) is 0 Å². The van der Waals surface area contributed by atoms with Gasteiger partial charge in [-0.25, -0.2) is 0 Å². The zero-order valence-corrected chi connectivity index (χ0v) is 16.8. The van der Waals surface area contributed by atoms with Gasteiger partial charge in [-0.1, -0.05) is 6.42 Å². The van der Waals surface area contributed by atoms with Gasteiger partial charge in [-0.3, -0.25) is 9.48 Å². The van der Waals surface area contributed by atoms with E-state index in [1.54, 1.807) is 0 Å². The van der Waals surface area contributed by atoms with E-state index in [1.807, 2.05) is 16.9 Å². The molecule has 1 aromatic heterocycles.